The molecule has 2 radical (unpaired) electrons. The zero-order valence-electron chi connectivity index (χ0n) is 8.09. The summed E-state index contributed by atoms with van der Waals surface area (Å²) in [6.07, 6.45) is 4.09. The van der Waals surface area contributed by atoms with E-state index in [9.17, 15) is 0 Å². The summed E-state index contributed by atoms with van der Waals surface area (Å²) in [5.74, 6) is 0. The van der Waals surface area contributed by atoms with Crippen molar-refractivity contribution < 1.29 is 0 Å². The zero-order chi connectivity index (χ0) is 10.7. The van der Waals surface area contributed by atoms with Crippen LogP contribution in [0, 0.1) is 11.3 Å². The first-order valence-corrected chi connectivity index (χ1v) is 4.57. The lowest BCUT2D eigenvalue weighted by Gasteiger charge is -1.99. The van der Waals surface area contributed by atoms with Crippen molar-refractivity contribution in [1.82, 2.24) is 9.78 Å². The molecule has 0 atom stereocenters. The molecule has 15 heavy (non-hydrogen) atoms. The van der Waals surface area contributed by atoms with E-state index in [-0.39, 0.29) is 0 Å². The van der Waals surface area contributed by atoms with Crippen LogP contribution in [0.15, 0.2) is 36.7 Å². The summed E-state index contributed by atoms with van der Waals surface area (Å²) in [6.45, 7) is 0. The van der Waals surface area contributed by atoms with E-state index in [1.165, 1.54) is 0 Å². The Morgan fingerprint density at radius 2 is 2.07 bits per heavy atom. The van der Waals surface area contributed by atoms with Gasteiger partial charge in [-0.1, -0.05) is 6.32 Å². The van der Waals surface area contributed by atoms with Crippen molar-refractivity contribution in [2.75, 3.05) is 0 Å². The van der Waals surface area contributed by atoms with Gasteiger partial charge < -0.3 is 0 Å². The molecule has 2 rings (SSSR count). The molecule has 70 valence electrons. The molecule has 0 unspecified atom stereocenters. The number of aromatic nitrogens is 2. The summed E-state index contributed by atoms with van der Waals surface area (Å²) in [7, 11) is 5.49. The quantitative estimate of drug-likeness (QED) is 0.676. The molecule has 0 bridgehead atoms. The van der Waals surface area contributed by atoms with Gasteiger partial charge in [0.1, 0.15) is 0 Å². The van der Waals surface area contributed by atoms with Crippen LogP contribution < -0.4 is 0 Å². The average Bonchev–Trinajstić information content (AvgIpc) is 2.78. The maximum atomic E-state index is 8.65. The van der Waals surface area contributed by atoms with Crippen LogP contribution in [0.3, 0.4) is 0 Å². The molecule has 0 aliphatic rings. The van der Waals surface area contributed by atoms with Crippen molar-refractivity contribution in [3.05, 3.63) is 47.8 Å². The highest BCUT2D eigenvalue weighted by Crippen LogP contribution is 2.09. The molecule has 0 amide bonds. The second kappa shape index (κ2) is 4.01. The maximum absolute atomic E-state index is 8.65. The van der Waals surface area contributed by atoms with E-state index in [0.29, 0.717) is 11.9 Å². The molecule has 1 heterocycles. The topological polar surface area (TPSA) is 41.6 Å². The molecule has 4 heteroatoms. The Kier molecular flexibility index (Phi) is 2.55. The van der Waals surface area contributed by atoms with Gasteiger partial charge in [-0.05, 0) is 29.8 Å². The SMILES string of the molecule is [B]Cc1cnn(-c2ccc(C#N)cc2)c1. The van der Waals surface area contributed by atoms with Gasteiger partial charge in [0, 0.05) is 6.20 Å². The molecule has 3 nitrogen and oxygen atoms in total. The van der Waals surface area contributed by atoms with E-state index in [2.05, 4.69) is 11.2 Å². The smallest absolute Gasteiger partial charge is 0.0991 e. The second-order valence-corrected chi connectivity index (χ2v) is 3.16. The van der Waals surface area contributed by atoms with E-state index >= 15 is 0 Å². The van der Waals surface area contributed by atoms with Crippen molar-refractivity contribution in [3.63, 3.8) is 0 Å². The van der Waals surface area contributed by atoms with Gasteiger partial charge in [0.2, 0.25) is 0 Å². The van der Waals surface area contributed by atoms with Crippen LogP contribution >= 0.6 is 0 Å². The van der Waals surface area contributed by atoms with Gasteiger partial charge in [-0.2, -0.15) is 10.4 Å². The lowest BCUT2D eigenvalue weighted by molar-refractivity contribution is 0.880. The van der Waals surface area contributed by atoms with Crippen LogP contribution in [0.1, 0.15) is 11.1 Å². The van der Waals surface area contributed by atoms with E-state index < -0.39 is 0 Å². The molecular formula is C11H8BN3. The van der Waals surface area contributed by atoms with E-state index in [0.717, 1.165) is 11.3 Å². The molecule has 0 aliphatic carbocycles. The number of rotatable bonds is 2. The fraction of sp³-hybridized carbons (Fsp3) is 0.0909. The largest absolute Gasteiger partial charge is 0.241 e. The Labute approximate surface area is 89.4 Å². The summed E-state index contributed by atoms with van der Waals surface area (Å²) in [6, 6.07) is 9.30. The van der Waals surface area contributed by atoms with E-state index in [1.54, 1.807) is 23.0 Å². The van der Waals surface area contributed by atoms with Crippen molar-refractivity contribution in [3.8, 4) is 11.8 Å². The lowest BCUT2D eigenvalue weighted by atomic mass is 10.0. The summed E-state index contributed by atoms with van der Waals surface area (Å²) >= 11 is 0. The average molecular weight is 193 g/mol. The maximum Gasteiger partial charge on any atom is 0.0991 e. The summed E-state index contributed by atoms with van der Waals surface area (Å²) in [5.41, 5.74) is 2.55. The second-order valence-electron chi connectivity index (χ2n) is 3.16. The van der Waals surface area contributed by atoms with E-state index in [4.69, 9.17) is 13.1 Å². The minimum Gasteiger partial charge on any atom is -0.241 e. The normalized spacial score (nSPS) is 9.80. The minimum atomic E-state index is 0.482. The fourth-order valence-corrected chi connectivity index (χ4v) is 1.30. The molecule has 0 saturated carbocycles. The van der Waals surface area contributed by atoms with Gasteiger partial charge >= 0.3 is 0 Å². The first kappa shape index (κ1) is 9.54. The van der Waals surface area contributed by atoms with Gasteiger partial charge in [0.05, 0.1) is 31.4 Å². The first-order chi connectivity index (χ1) is 7.33. The van der Waals surface area contributed by atoms with Crippen molar-refractivity contribution in [1.29, 1.82) is 5.26 Å². The molecule has 0 N–H and O–H groups in total. The van der Waals surface area contributed by atoms with Gasteiger partial charge in [-0.15, -0.1) is 0 Å². The molecule has 0 spiro atoms. The monoisotopic (exact) mass is 193 g/mol. The summed E-state index contributed by atoms with van der Waals surface area (Å²) in [5, 5.41) is 12.8. The van der Waals surface area contributed by atoms with Crippen LogP contribution in [0.2, 0.25) is 0 Å². The third-order valence-corrected chi connectivity index (χ3v) is 2.13. The predicted octanol–water partition coefficient (Wildman–Crippen LogP) is 1.41. The van der Waals surface area contributed by atoms with Crippen molar-refractivity contribution >= 4 is 7.85 Å². The van der Waals surface area contributed by atoms with Gasteiger partial charge in [0.15, 0.2) is 0 Å². The van der Waals surface area contributed by atoms with Crippen LogP contribution in [0.4, 0.5) is 0 Å². The summed E-state index contributed by atoms with van der Waals surface area (Å²) < 4.78 is 1.74. The molecular weight excluding hydrogens is 185 g/mol. The van der Waals surface area contributed by atoms with Crippen LogP contribution in [-0.4, -0.2) is 17.6 Å². The summed E-state index contributed by atoms with van der Waals surface area (Å²) in [4.78, 5) is 0. The van der Waals surface area contributed by atoms with Crippen LogP contribution in [0.5, 0.6) is 0 Å². The number of hydrogen-bond acceptors (Lipinski definition) is 2. The third-order valence-electron chi connectivity index (χ3n) is 2.13. The zero-order valence-corrected chi connectivity index (χ0v) is 8.09. The number of nitrogens with zero attached hydrogens (tertiary/aromatic N) is 3. The van der Waals surface area contributed by atoms with Gasteiger partial charge in [-0.3, -0.25) is 0 Å². The Hall–Kier alpha value is -2.02. The highest BCUT2D eigenvalue weighted by atomic mass is 15.3. The highest BCUT2D eigenvalue weighted by Gasteiger charge is 1.99. The fourth-order valence-electron chi connectivity index (χ4n) is 1.30. The number of hydrogen-bond donors (Lipinski definition) is 0. The molecule has 1 aromatic carbocycles. The third kappa shape index (κ3) is 1.91. The minimum absolute atomic E-state index is 0.482. The van der Waals surface area contributed by atoms with Crippen LogP contribution in [-0.2, 0) is 6.32 Å². The standard InChI is InChI=1S/C11H8BN3/c12-5-10-7-14-15(8-10)11-3-1-9(6-13)2-4-11/h1-4,7-8H,5H2. The Morgan fingerprint density at radius 1 is 1.33 bits per heavy atom. The molecule has 2 aromatic rings. The molecule has 1 aromatic heterocycles. The Bertz CT molecular complexity index is 493. The Balaban J connectivity index is 2.33. The number of nitriles is 1. The molecule has 0 aliphatic heterocycles. The number of benzene rings is 1. The van der Waals surface area contributed by atoms with E-state index in [1.807, 2.05) is 18.3 Å². The van der Waals surface area contributed by atoms with Crippen molar-refractivity contribution in [2.45, 2.75) is 6.32 Å². The van der Waals surface area contributed by atoms with Crippen LogP contribution in [0.25, 0.3) is 5.69 Å². The molecule has 0 saturated heterocycles. The van der Waals surface area contributed by atoms with Crippen molar-refractivity contribution in [2.24, 2.45) is 0 Å². The highest BCUT2D eigenvalue weighted by molar-refractivity contribution is 6.08. The predicted molar refractivity (Wildman–Crippen MR) is 57.7 cm³/mol. The van der Waals surface area contributed by atoms with Gasteiger partial charge in [-0.25, -0.2) is 4.68 Å². The lowest BCUT2D eigenvalue weighted by Crippen LogP contribution is -1.93. The van der Waals surface area contributed by atoms with Gasteiger partial charge in [0.25, 0.3) is 0 Å². The molecule has 0 fully saturated rings. The first-order valence-electron chi connectivity index (χ1n) is 4.57. The Morgan fingerprint density at radius 3 is 2.60 bits per heavy atom.